The van der Waals surface area contributed by atoms with Gasteiger partial charge in [0.25, 0.3) is 0 Å². The summed E-state index contributed by atoms with van der Waals surface area (Å²) in [6.07, 6.45) is 20.6. The van der Waals surface area contributed by atoms with Crippen LogP contribution in [0.4, 0.5) is 0 Å². The van der Waals surface area contributed by atoms with Gasteiger partial charge in [-0.15, -0.1) is 0 Å². The number of phenols is 1. The van der Waals surface area contributed by atoms with E-state index in [1.165, 1.54) is 95.5 Å². The van der Waals surface area contributed by atoms with Crippen LogP contribution in [-0.2, 0) is 6.42 Å². The van der Waals surface area contributed by atoms with Crippen LogP contribution in [0.1, 0.15) is 121 Å². The highest BCUT2D eigenvalue weighted by Gasteiger charge is 2.12. The Bertz CT molecular complexity index is 495. The van der Waals surface area contributed by atoms with Gasteiger partial charge in [0.1, 0.15) is 0 Å². The first-order chi connectivity index (χ1) is 13.7. The van der Waals surface area contributed by atoms with E-state index in [2.05, 4.69) is 19.9 Å². The van der Waals surface area contributed by atoms with Crippen LogP contribution in [0.3, 0.4) is 0 Å². The molecule has 1 aromatic carbocycles. The second kappa shape index (κ2) is 16.7. The van der Waals surface area contributed by atoms with Crippen LogP contribution in [0.25, 0.3) is 0 Å². The van der Waals surface area contributed by atoms with E-state index in [0.29, 0.717) is 5.75 Å². The lowest BCUT2D eigenvalue weighted by molar-refractivity contribution is 0.285. The number of hydrogen-bond donors (Lipinski definition) is 1. The molecule has 1 aromatic rings. The second-order valence-corrected chi connectivity index (χ2v) is 8.41. The Kier molecular flexibility index (Phi) is 14.9. The molecule has 1 N–H and O–H groups in total. The molecule has 0 aliphatic carbocycles. The molecule has 0 heterocycles. The maximum absolute atomic E-state index is 10.5. The molecule has 0 amide bonds. The van der Waals surface area contributed by atoms with Crippen molar-refractivity contribution >= 4 is 0 Å². The minimum atomic E-state index is 0.347. The normalized spacial score (nSPS) is 11.1. The predicted molar refractivity (Wildman–Crippen MR) is 123 cm³/mol. The largest absolute Gasteiger partial charge is 0.504 e. The molecular weight excluding hydrogens is 344 g/mol. The maximum atomic E-state index is 10.5. The third kappa shape index (κ3) is 11.0. The van der Waals surface area contributed by atoms with Crippen molar-refractivity contribution in [2.75, 3.05) is 6.61 Å². The third-order valence-corrected chi connectivity index (χ3v) is 5.71. The van der Waals surface area contributed by atoms with Gasteiger partial charge in [0.2, 0.25) is 0 Å². The molecule has 2 nitrogen and oxygen atoms in total. The van der Waals surface area contributed by atoms with Gasteiger partial charge in [0, 0.05) is 0 Å². The summed E-state index contributed by atoms with van der Waals surface area (Å²) in [6.45, 7) is 7.20. The van der Waals surface area contributed by atoms with Gasteiger partial charge in [-0.3, -0.25) is 0 Å². The number of hydrogen-bond acceptors (Lipinski definition) is 2. The summed E-state index contributed by atoms with van der Waals surface area (Å²) in [6, 6.07) is 4.17. The first kappa shape index (κ1) is 24.9. The summed E-state index contributed by atoms with van der Waals surface area (Å²) in [5, 5.41) is 10.5. The molecule has 0 aliphatic heterocycles. The van der Waals surface area contributed by atoms with Crippen LogP contribution in [0.5, 0.6) is 11.5 Å². The quantitative estimate of drug-likeness (QED) is 0.254. The molecule has 0 radical (unpaired) electrons. The van der Waals surface area contributed by atoms with Crippen molar-refractivity contribution in [3.8, 4) is 11.5 Å². The number of rotatable bonds is 18. The van der Waals surface area contributed by atoms with Crippen molar-refractivity contribution in [1.29, 1.82) is 0 Å². The van der Waals surface area contributed by atoms with Crippen LogP contribution >= 0.6 is 0 Å². The highest BCUT2D eigenvalue weighted by molar-refractivity contribution is 5.50. The molecule has 0 fully saturated rings. The smallest absolute Gasteiger partial charge is 0.164 e. The zero-order chi connectivity index (χ0) is 20.5. The van der Waals surface area contributed by atoms with E-state index >= 15 is 0 Å². The van der Waals surface area contributed by atoms with E-state index < -0.39 is 0 Å². The van der Waals surface area contributed by atoms with E-state index in [9.17, 15) is 5.11 Å². The third-order valence-electron chi connectivity index (χ3n) is 5.71. The molecule has 0 spiro atoms. The van der Waals surface area contributed by atoms with Crippen LogP contribution < -0.4 is 4.74 Å². The maximum Gasteiger partial charge on any atom is 0.164 e. The molecule has 0 aromatic heterocycles. The molecule has 162 valence electrons. The number of aryl methyl sites for hydroxylation is 2. The van der Waals surface area contributed by atoms with Gasteiger partial charge in [-0.1, -0.05) is 109 Å². The van der Waals surface area contributed by atoms with Crippen molar-refractivity contribution < 1.29 is 9.84 Å². The number of ether oxygens (including phenoxy) is 1. The average Bonchev–Trinajstić information content (AvgIpc) is 2.70. The number of aromatic hydroxyl groups is 1. The monoisotopic (exact) mass is 390 g/mol. The summed E-state index contributed by atoms with van der Waals surface area (Å²) in [7, 11) is 0. The molecular formula is C26H46O2. The van der Waals surface area contributed by atoms with Gasteiger partial charge in [0.05, 0.1) is 6.61 Å². The van der Waals surface area contributed by atoms with E-state index in [1.807, 2.05) is 13.0 Å². The number of unbranched alkanes of at least 4 members (excludes halogenated alkanes) is 13. The van der Waals surface area contributed by atoms with E-state index in [-0.39, 0.29) is 0 Å². The Hall–Kier alpha value is -1.18. The molecule has 0 saturated carbocycles. The Labute approximate surface area is 175 Å². The number of phenolic OH excluding ortho intramolecular Hbond substituents is 1. The second-order valence-electron chi connectivity index (χ2n) is 8.41. The summed E-state index contributed by atoms with van der Waals surface area (Å²) in [5.41, 5.74) is 2.09. The first-order valence-corrected chi connectivity index (χ1v) is 12.1. The Morgan fingerprint density at radius 1 is 0.679 bits per heavy atom. The van der Waals surface area contributed by atoms with E-state index in [1.54, 1.807) is 0 Å². The van der Waals surface area contributed by atoms with Crippen molar-refractivity contribution in [2.45, 2.75) is 124 Å². The fourth-order valence-corrected chi connectivity index (χ4v) is 3.75. The minimum absolute atomic E-state index is 0.347. The SMILES string of the molecule is CCCCCCCCCCOc1c(CCCCCCCCC)ccc(C)c1O. The predicted octanol–water partition coefficient (Wildman–Crippen LogP) is 8.51. The lowest BCUT2D eigenvalue weighted by Crippen LogP contribution is -2.02. The van der Waals surface area contributed by atoms with Crippen molar-refractivity contribution in [1.82, 2.24) is 0 Å². The van der Waals surface area contributed by atoms with Gasteiger partial charge < -0.3 is 9.84 Å². The lowest BCUT2D eigenvalue weighted by atomic mass is 10.0. The Morgan fingerprint density at radius 2 is 1.18 bits per heavy atom. The summed E-state index contributed by atoms with van der Waals surface area (Å²) >= 11 is 0. The van der Waals surface area contributed by atoms with Gasteiger partial charge in [-0.2, -0.15) is 0 Å². The standard InChI is InChI=1S/C26H46O2/c1-4-6-8-10-12-14-16-18-22-28-26-24(21-20-23(3)25(26)27)19-17-15-13-11-9-7-5-2/h20-21,27H,4-19,22H2,1-3H3. The Morgan fingerprint density at radius 3 is 1.75 bits per heavy atom. The number of benzene rings is 1. The van der Waals surface area contributed by atoms with Crippen LogP contribution in [0.15, 0.2) is 12.1 Å². The average molecular weight is 391 g/mol. The molecule has 2 heteroatoms. The lowest BCUT2D eigenvalue weighted by Gasteiger charge is -2.15. The van der Waals surface area contributed by atoms with Crippen LogP contribution in [0, 0.1) is 6.92 Å². The Balaban J connectivity index is 2.30. The van der Waals surface area contributed by atoms with Crippen LogP contribution in [-0.4, -0.2) is 11.7 Å². The summed E-state index contributed by atoms with van der Waals surface area (Å²) < 4.78 is 6.05. The van der Waals surface area contributed by atoms with Gasteiger partial charge in [-0.25, -0.2) is 0 Å². The fourth-order valence-electron chi connectivity index (χ4n) is 3.75. The zero-order valence-electron chi connectivity index (χ0n) is 19.0. The molecule has 0 atom stereocenters. The molecule has 28 heavy (non-hydrogen) atoms. The summed E-state index contributed by atoms with van der Waals surface area (Å²) in [4.78, 5) is 0. The summed E-state index contributed by atoms with van der Waals surface area (Å²) in [5.74, 6) is 1.09. The van der Waals surface area contributed by atoms with Gasteiger partial charge in [0.15, 0.2) is 11.5 Å². The first-order valence-electron chi connectivity index (χ1n) is 12.1. The fraction of sp³-hybridized carbons (Fsp3) is 0.769. The molecule has 0 unspecified atom stereocenters. The van der Waals surface area contributed by atoms with E-state index in [0.717, 1.165) is 30.8 Å². The van der Waals surface area contributed by atoms with Crippen molar-refractivity contribution in [3.63, 3.8) is 0 Å². The van der Waals surface area contributed by atoms with Crippen molar-refractivity contribution in [2.24, 2.45) is 0 Å². The highest BCUT2D eigenvalue weighted by Crippen LogP contribution is 2.34. The van der Waals surface area contributed by atoms with Gasteiger partial charge in [-0.05, 0) is 37.3 Å². The van der Waals surface area contributed by atoms with Crippen LogP contribution in [0.2, 0.25) is 0 Å². The molecule has 0 aliphatic rings. The van der Waals surface area contributed by atoms with Gasteiger partial charge >= 0.3 is 0 Å². The highest BCUT2D eigenvalue weighted by atomic mass is 16.5. The molecule has 0 bridgehead atoms. The van der Waals surface area contributed by atoms with E-state index in [4.69, 9.17) is 4.74 Å². The molecule has 0 saturated heterocycles. The topological polar surface area (TPSA) is 29.5 Å². The molecule has 1 rings (SSSR count). The zero-order valence-corrected chi connectivity index (χ0v) is 19.0. The van der Waals surface area contributed by atoms with Crippen molar-refractivity contribution in [3.05, 3.63) is 23.3 Å². The minimum Gasteiger partial charge on any atom is -0.504 e.